The molecule has 32 heavy (non-hydrogen) atoms. The number of hydrogen-bond donors (Lipinski definition) is 0. The van der Waals surface area contributed by atoms with Crippen LogP contribution in [0.4, 0.5) is 20.7 Å². The quantitative estimate of drug-likeness (QED) is 0.657. The summed E-state index contributed by atoms with van der Waals surface area (Å²) >= 11 is 1.59. The van der Waals surface area contributed by atoms with Gasteiger partial charge in [-0.1, -0.05) is 5.16 Å². The van der Waals surface area contributed by atoms with Crippen molar-refractivity contribution in [2.45, 2.75) is 38.4 Å². The summed E-state index contributed by atoms with van der Waals surface area (Å²) in [6.45, 7) is 6.04. The number of rotatable bonds is 5. The van der Waals surface area contributed by atoms with E-state index in [2.05, 4.69) is 5.16 Å². The second-order valence-electron chi connectivity index (χ2n) is 8.30. The molecule has 11 heteroatoms. The first-order valence-electron chi connectivity index (χ1n) is 10.7. The number of carbonyl (C=O) groups excluding carboxylic acids is 1. The first-order chi connectivity index (χ1) is 15.5. The number of benzene rings is 1. The van der Waals surface area contributed by atoms with Crippen LogP contribution in [0.15, 0.2) is 10.6 Å². The first kappa shape index (κ1) is 21.7. The lowest BCUT2D eigenvalue weighted by Crippen LogP contribution is -2.46. The second-order valence-corrected chi connectivity index (χ2v) is 9.21. The van der Waals surface area contributed by atoms with Crippen LogP contribution in [0.1, 0.15) is 25.7 Å². The molecule has 3 fully saturated rings. The van der Waals surface area contributed by atoms with Gasteiger partial charge in [-0.2, -0.15) is 11.8 Å². The van der Waals surface area contributed by atoms with E-state index in [1.165, 1.54) is 4.90 Å². The van der Waals surface area contributed by atoms with Gasteiger partial charge in [0.05, 0.1) is 42.5 Å². The van der Waals surface area contributed by atoms with E-state index in [1.54, 1.807) is 17.8 Å². The Labute approximate surface area is 189 Å². The normalized spacial score (nSPS) is 27.0. The molecule has 0 bridgehead atoms. The lowest BCUT2D eigenvalue weighted by Gasteiger charge is -2.38. The molecule has 9 nitrogen and oxygen atoms in total. The van der Waals surface area contributed by atoms with E-state index in [0.29, 0.717) is 48.7 Å². The zero-order chi connectivity index (χ0) is 22.4. The summed E-state index contributed by atoms with van der Waals surface area (Å²) in [4.78, 5) is 15.8. The summed E-state index contributed by atoms with van der Waals surface area (Å²) in [6, 6.07) is 1.55. The molecule has 0 N–H and O–H groups in total. The highest BCUT2D eigenvalue weighted by Gasteiger charge is 2.39. The number of amides is 1. The maximum absolute atomic E-state index is 16.0. The molecule has 1 aromatic carbocycles. The summed E-state index contributed by atoms with van der Waals surface area (Å²) in [7, 11) is 0. The van der Waals surface area contributed by atoms with E-state index in [4.69, 9.17) is 23.5 Å². The molecule has 4 heterocycles. The number of cyclic esters (lactones) is 1. The summed E-state index contributed by atoms with van der Waals surface area (Å²) < 4.78 is 44.0. The van der Waals surface area contributed by atoms with Crippen molar-refractivity contribution in [3.63, 3.8) is 0 Å². The molecule has 5 rings (SSSR count). The molecule has 3 saturated heterocycles. The minimum absolute atomic E-state index is 0.00820. The topological polar surface area (TPSA) is 86.5 Å². The molecule has 1 aromatic heterocycles. The van der Waals surface area contributed by atoms with Crippen molar-refractivity contribution < 1.29 is 32.7 Å². The molecule has 1 amide bonds. The smallest absolute Gasteiger partial charge is 0.416 e. The number of morpholine rings is 1. The monoisotopic (exact) mass is 467 g/mol. The van der Waals surface area contributed by atoms with E-state index < -0.39 is 18.2 Å². The third-order valence-electron chi connectivity index (χ3n) is 5.85. The highest BCUT2D eigenvalue weighted by Crippen LogP contribution is 2.42. The molecule has 2 aromatic rings. The molecule has 0 radical (unpaired) electrons. The van der Waals surface area contributed by atoms with Gasteiger partial charge in [0.25, 0.3) is 0 Å². The van der Waals surface area contributed by atoms with Crippen LogP contribution >= 0.6 is 11.8 Å². The minimum atomic E-state index is -0.715. The molecule has 3 atom stereocenters. The number of halogens is 1. The Morgan fingerprint density at radius 1 is 1.22 bits per heavy atom. The van der Waals surface area contributed by atoms with Crippen LogP contribution in [-0.2, 0) is 18.9 Å². The molecular weight excluding hydrogens is 441 g/mol. The Morgan fingerprint density at radius 2 is 1.94 bits per heavy atom. The van der Waals surface area contributed by atoms with Gasteiger partial charge in [0.1, 0.15) is 6.61 Å². The molecular formula is C21H26FN3O6S. The van der Waals surface area contributed by atoms with E-state index >= 15 is 4.39 Å². The van der Waals surface area contributed by atoms with Gasteiger partial charge < -0.3 is 28.4 Å². The Morgan fingerprint density at radius 3 is 2.62 bits per heavy atom. The van der Waals surface area contributed by atoms with Crippen LogP contribution in [0.5, 0.6) is 0 Å². The predicted molar refractivity (Wildman–Crippen MR) is 117 cm³/mol. The van der Waals surface area contributed by atoms with Crippen LogP contribution in [-0.4, -0.2) is 74.4 Å². The van der Waals surface area contributed by atoms with Crippen molar-refractivity contribution in [1.82, 2.24) is 5.16 Å². The average molecular weight is 468 g/mol. The maximum Gasteiger partial charge on any atom is 0.416 e. The van der Waals surface area contributed by atoms with E-state index in [-0.39, 0.29) is 36.3 Å². The fourth-order valence-electron chi connectivity index (χ4n) is 4.64. The minimum Gasteiger partial charge on any atom is -0.447 e. The standard InChI is InChI=1S/C21H26FN3O6S/c1-11-7-24(8-12(2)30-11)17-14(20-27-4-5-28-20)6-15-18(16(17)22)31-23-19(15)25-13(10-32-3)9-29-21(25)26/h6,11-13,20H,4-5,7-10H2,1-3H3/t11-,12-,13-/m1/s1. The van der Waals surface area contributed by atoms with Crippen LogP contribution in [0.3, 0.4) is 0 Å². The molecule has 0 unspecified atom stereocenters. The molecule has 0 saturated carbocycles. The summed E-state index contributed by atoms with van der Waals surface area (Å²) in [5, 5.41) is 4.47. The lowest BCUT2D eigenvalue weighted by atomic mass is 10.0. The van der Waals surface area contributed by atoms with Crippen LogP contribution in [0.2, 0.25) is 0 Å². The summed E-state index contributed by atoms with van der Waals surface area (Å²) in [6.07, 6.45) is 0.584. The van der Waals surface area contributed by atoms with Gasteiger partial charge in [0, 0.05) is 24.4 Å². The van der Waals surface area contributed by atoms with Gasteiger partial charge in [0.2, 0.25) is 5.58 Å². The number of fused-ring (bicyclic) bond motifs is 1. The fourth-order valence-corrected chi connectivity index (χ4v) is 5.27. The van der Waals surface area contributed by atoms with E-state index in [0.717, 1.165) is 0 Å². The average Bonchev–Trinajstić information content (AvgIpc) is 3.48. The van der Waals surface area contributed by atoms with Crippen LogP contribution < -0.4 is 9.80 Å². The predicted octanol–water partition coefficient (Wildman–Crippen LogP) is 3.31. The number of thioether (sulfide) groups is 1. The van der Waals surface area contributed by atoms with E-state index in [1.807, 2.05) is 25.0 Å². The first-order valence-corrected chi connectivity index (χ1v) is 12.1. The Kier molecular flexibility index (Phi) is 5.91. The molecule has 3 aliphatic heterocycles. The largest absolute Gasteiger partial charge is 0.447 e. The second kappa shape index (κ2) is 8.69. The van der Waals surface area contributed by atoms with Crippen LogP contribution in [0.25, 0.3) is 11.0 Å². The third-order valence-corrected chi connectivity index (χ3v) is 6.57. The SMILES string of the molecule is CSC[C@H]1COC(=O)N1c1noc2c(F)c(N3C[C@@H](C)O[C@H](C)C3)c(C3OCCO3)cc12. The van der Waals surface area contributed by atoms with Crippen molar-refractivity contribution in [2.24, 2.45) is 0 Å². The maximum atomic E-state index is 16.0. The van der Waals surface area contributed by atoms with Gasteiger partial charge in [-0.3, -0.25) is 4.90 Å². The number of hydrogen-bond acceptors (Lipinski definition) is 9. The zero-order valence-electron chi connectivity index (χ0n) is 18.2. The van der Waals surface area contributed by atoms with Crippen molar-refractivity contribution in [1.29, 1.82) is 0 Å². The lowest BCUT2D eigenvalue weighted by molar-refractivity contribution is -0.0445. The fraction of sp³-hybridized carbons (Fsp3) is 0.619. The summed E-state index contributed by atoms with van der Waals surface area (Å²) in [5.41, 5.74) is 0.900. The molecule has 0 spiro atoms. The Bertz CT molecular complexity index is 1000. The number of carbonyl (C=O) groups is 1. The highest BCUT2D eigenvalue weighted by atomic mass is 32.2. The van der Waals surface area contributed by atoms with Crippen molar-refractivity contribution in [3.8, 4) is 0 Å². The van der Waals surface area contributed by atoms with Crippen molar-refractivity contribution in [3.05, 3.63) is 17.4 Å². The molecule has 0 aliphatic carbocycles. The van der Waals surface area contributed by atoms with Crippen molar-refractivity contribution >= 4 is 40.3 Å². The molecule has 3 aliphatic rings. The highest BCUT2D eigenvalue weighted by molar-refractivity contribution is 7.98. The zero-order valence-corrected chi connectivity index (χ0v) is 19.0. The van der Waals surface area contributed by atoms with Crippen LogP contribution in [0, 0.1) is 5.82 Å². The van der Waals surface area contributed by atoms with Gasteiger partial charge in [-0.15, -0.1) is 0 Å². The van der Waals surface area contributed by atoms with E-state index in [9.17, 15) is 4.79 Å². The van der Waals surface area contributed by atoms with Gasteiger partial charge in [-0.05, 0) is 26.2 Å². The molecule has 174 valence electrons. The summed E-state index contributed by atoms with van der Waals surface area (Å²) in [5.74, 6) is 0.354. The number of aromatic nitrogens is 1. The number of ether oxygens (including phenoxy) is 4. The van der Waals surface area contributed by atoms with Gasteiger partial charge in [-0.25, -0.2) is 9.18 Å². The van der Waals surface area contributed by atoms with Crippen molar-refractivity contribution in [2.75, 3.05) is 54.7 Å². The number of nitrogens with zero attached hydrogens (tertiary/aromatic N) is 3. The number of anilines is 2. The van der Waals surface area contributed by atoms with Gasteiger partial charge >= 0.3 is 6.09 Å². The van der Waals surface area contributed by atoms with Gasteiger partial charge in [0.15, 0.2) is 17.9 Å². The third kappa shape index (κ3) is 3.70. The Balaban J connectivity index is 1.64. The Hall–Kier alpha value is -2.08.